The van der Waals surface area contributed by atoms with Crippen molar-refractivity contribution in [1.29, 1.82) is 0 Å². The molecule has 3 aromatic rings. The molecule has 8 heteroatoms. The quantitative estimate of drug-likeness (QED) is 0.445. The highest BCUT2D eigenvalue weighted by Gasteiger charge is 2.15. The third-order valence-corrected chi connectivity index (χ3v) is 4.87. The fourth-order valence-corrected chi connectivity index (χ4v) is 3.47. The van der Waals surface area contributed by atoms with Gasteiger partial charge in [0.15, 0.2) is 6.61 Å². The van der Waals surface area contributed by atoms with Crippen LogP contribution in [0.2, 0.25) is 10.0 Å². The molecule has 5 nitrogen and oxygen atoms in total. The number of thiazole rings is 1. The molecule has 0 radical (unpaired) electrons. The highest BCUT2D eigenvalue weighted by molar-refractivity contribution is 7.13. The van der Waals surface area contributed by atoms with E-state index in [1.807, 2.05) is 12.1 Å². The molecule has 0 unspecified atom stereocenters. The molecule has 0 bridgehead atoms. The number of hydrogen-bond acceptors (Lipinski definition) is 6. The lowest BCUT2D eigenvalue weighted by Crippen LogP contribution is -2.16. The van der Waals surface area contributed by atoms with Crippen LogP contribution in [0.1, 0.15) is 16.1 Å². The molecule has 0 amide bonds. The van der Waals surface area contributed by atoms with Crippen LogP contribution in [0.5, 0.6) is 0 Å². The number of ether oxygens (including phenoxy) is 1. The molecule has 0 spiro atoms. The Labute approximate surface area is 163 Å². The number of halogens is 2. The smallest absolute Gasteiger partial charge is 0.312 e. The summed E-state index contributed by atoms with van der Waals surface area (Å²) in [5, 5.41) is 3.20. The standard InChI is InChI=1S/C18H12Cl2N2O3S/c19-12-3-4-14(15(20)6-12)16(23)9-25-17(24)7-13-10-26-18(22-13)11-2-1-5-21-8-11/h1-6,8,10H,7,9H2. The Morgan fingerprint density at radius 2 is 2.04 bits per heavy atom. The SMILES string of the molecule is O=C(Cc1csc(-c2cccnc2)n1)OCC(=O)c1ccc(Cl)cc1Cl. The van der Waals surface area contributed by atoms with Crippen LogP contribution >= 0.6 is 34.5 Å². The number of ketones is 1. The molecule has 26 heavy (non-hydrogen) atoms. The lowest BCUT2D eigenvalue weighted by Gasteiger charge is -2.05. The van der Waals surface area contributed by atoms with E-state index in [4.69, 9.17) is 27.9 Å². The molecule has 0 aliphatic rings. The van der Waals surface area contributed by atoms with Crippen molar-refractivity contribution in [2.75, 3.05) is 6.61 Å². The van der Waals surface area contributed by atoms with Gasteiger partial charge in [-0.15, -0.1) is 11.3 Å². The summed E-state index contributed by atoms with van der Waals surface area (Å²) in [6, 6.07) is 8.23. The van der Waals surface area contributed by atoms with Gasteiger partial charge in [0.25, 0.3) is 0 Å². The Hall–Kier alpha value is -2.28. The van der Waals surface area contributed by atoms with Gasteiger partial charge >= 0.3 is 5.97 Å². The molecule has 0 atom stereocenters. The van der Waals surface area contributed by atoms with Crippen molar-refractivity contribution in [1.82, 2.24) is 9.97 Å². The van der Waals surface area contributed by atoms with Gasteiger partial charge in [0.1, 0.15) is 5.01 Å². The van der Waals surface area contributed by atoms with Crippen LogP contribution < -0.4 is 0 Å². The van der Waals surface area contributed by atoms with Gasteiger partial charge in [0.2, 0.25) is 5.78 Å². The number of esters is 1. The van der Waals surface area contributed by atoms with Gasteiger partial charge in [-0.1, -0.05) is 23.2 Å². The highest BCUT2D eigenvalue weighted by Crippen LogP contribution is 2.23. The Bertz CT molecular complexity index is 945. The molecule has 3 rings (SSSR count). The second kappa shape index (κ2) is 8.40. The van der Waals surface area contributed by atoms with Gasteiger partial charge in [-0.25, -0.2) is 4.98 Å². The van der Waals surface area contributed by atoms with Crippen LogP contribution in [-0.4, -0.2) is 28.3 Å². The molecule has 1 aromatic carbocycles. The first-order chi connectivity index (χ1) is 12.5. The van der Waals surface area contributed by atoms with E-state index < -0.39 is 11.8 Å². The highest BCUT2D eigenvalue weighted by atomic mass is 35.5. The summed E-state index contributed by atoms with van der Waals surface area (Å²) in [6.07, 6.45) is 3.37. The zero-order valence-corrected chi connectivity index (χ0v) is 15.6. The van der Waals surface area contributed by atoms with Crippen LogP contribution in [0.15, 0.2) is 48.1 Å². The van der Waals surface area contributed by atoms with E-state index in [0.29, 0.717) is 10.7 Å². The number of carbonyl (C=O) groups is 2. The predicted octanol–water partition coefficient (Wildman–Crippen LogP) is 4.48. The summed E-state index contributed by atoms with van der Waals surface area (Å²) in [5.74, 6) is -0.930. The summed E-state index contributed by atoms with van der Waals surface area (Å²) in [7, 11) is 0. The van der Waals surface area contributed by atoms with Crippen LogP contribution in [-0.2, 0) is 16.0 Å². The first-order valence-electron chi connectivity index (χ1n) is 7.51. The molecular formula is C18H12Cl2N2O3S. The van der Waals surface area contributed by atoms with Gasteiger partial charge < -0.3 is 4.74 Å². The Kier molecular flexibility index (Phi) is 5.98. The minimum absolute atomic E-state index is 0.0155. The molecule has 0 aliphatic carbocycles. The average molecular weight is 407 g/mol. The number of rotatable bonds is 6. The van der Waals surface area contributed by atoms with Crippen LogP contribution in [0.4, 0.5) is 0 Å². The molecule has 0 fully saturated rings. The third kappa shape index (κ3) is 4.66. The molecule has 0 N–H and O–H groups in total. The zero-order valence-electron chi connectivity index (χ0n) is 13.3. The van der Waals surface area contributed by atoms with Crippen molar-refractivity contribution >= 4 is 46.3 Å². The largest absolute Gasteiger partial charge is 0.457 e. The first-order valence-corrected chi connectivity index (χ1v) is 9.15. The van der Waals surface area contributed by atoms with E-state index in [9.17, 15) is 9.59 Å². The Morgan fingerprint density at radius 3 is 2.77 bits per heavy atom. The summed E-state index contributed by atoms with van der Waals surface area (Å²) < 4.78 is 5.03. The maximum absolute atomic E-state index is 12.1. The number of nitrogens with zero attached hydrogens (tertiary/aromatic N) is 2. The monoisotopic (exact) mass is 406 g/mol. The first kappa shape index (κ1) is 18.5. The van der Waals surface area contributed by atoms with Crippen molar-refractivity contribution in [3.63, 3.8) is 0 Å². The Balaban J connectivity index is 1.56. The topological polar surface area (TPSA) is 69.2 Å². The Morgan fingerprint density at radius 1 is 1.19 bits per heavy atom. The van der Waals surface area contributed by atoms with E-state index in [-0.39, 0.29) is 23.6 Å². The van der Waals surface area contributed by atoms with E-state index in [1.165, 1.54) is 23.5 Å². The maximum atomic E-state index is 12.1. The molecule has 132 valence electrons. The third-order valence-electron chi connectivity index (χ3n) is 3.38. The molecule has 2 heterocycles. The number of benzene rings is 1. The maximum Gasteiger partial charge on any atom is 0.312 e. The van der Waals surface area contributed by atoms with Gasteiger partial charge in [-0.3, -0.25) is 14.6 Å². The number of aromatic nitrogens is 2. The molecule has 0 saturated heterocycles. The number of hydrogen-bond donors (Lipinski definition) is 0. The minimum atomic E-state index is -0.536. The summed E-state index contributed by atoms with van der Waals surface area (Å²) >= 11 is 13.2. The zero-order chi connectivity index (χ0) is 18.5. The second-order valence-corrected chi connectivity index (χ2v) is 6.97. The van der Waals surface area contributed by atoms with Crippen LogP contribution in [0.3, 0.4) is 0 Å². The van der Waals surface area contributed by atoms with E-state index >= 15 is 0 Å². The van der Waals surface area contributed by atoms with E-state index in [0.717, 1.165) is 10.6 Å². The fraction of sp³-hybridized carbons (Fsp3) is 0.111. The lowest BCUT2D eigenvalue weighted by molar-refractivity contribution is -0.141. The average Bonchev–Trinajstić information content (AvgIpc) is 3.09. The number of pyridine rings is 1. The van der Waals surface area contributed by atoms with E-state index in [1.54, 1.807) is 23.8 Å². The van der Waals surface area contributed by atoms with Crippen molar-refractivity contribution in [2.24, 2.45) is 0 Å². The molecule has 0 aliphatic heterocycles. The molecule has 0 saturated carbocycles. The van der Waals surface area contributed by atoms with Gasteiger partial charge in [0, 0.05) is 33.9 Å². The molecule has 2 aromatic heterocycles. The van der Waals surface area contributed by atoms with Crippen molar-refractivity contribution < 1.29 is 14.3 Å². The van der Waals surface area contributed by atoms with Crippen LogP contribution in [0.25, 0.3) is 10.6 Å². The van der Waals surface area contributed by atoms with Crippen LogP contribution in [0, 0.1) is 0 Å². The van der Waals surface area contributed by atoms with E-state index in [2.05, 4.69) is 9.97 Å². The minimum Gasteiger partial charge on any atom is -0.457 e. The second-order valence-electron chi connectivity index (χ2n) is 5.27. The fourth-order valence-electron chi connectivity index (χ4n) is 2.15. The number of carbonyl (C=O) groups excluding carboxylic acids is 2. The summed E-state index contributed by atoms with van der Waals surface area (Å²) in [6.45, 7) is -0.389. The van der Waals surface area contributed by atoms with Gasteiger partial charge in [0.05, 0.1) is 17.1 Å². The van der Waals surface area contributed by atoms with Crippen molar-refractivity contribution in [2.45, 2.75) is 6.42 Å². The van der Waals surface area contributed by atoms with Crippen molar-refractivity contribution in [3.05, 3.63) is 69.4 Å². The summed E-state index contributed by atoms with van der Waals surface area (Å²) in [5.41, 5.74) is 1.72. The van der Waals surface area contributed by atoms with Gasteiger partial charge in [-0.2, -0.15) is 0 Å². The molecular weight excluding hydrogens is 395 g/mol. The normalized spacial score (nSPS) is 10.5. The lowest BCUT2D eigenvalue weighted by atomic mass is 10.1. The predicted molar refractivity (Wildman–Crippen MR) is 101 cm³/mol. The number of Topliss-reactive ketones (excluding diaryl/α,β-unsaturated/α-hetero) is 1. The van der Waals surface area contributed by atoms with Gasteiger partial charge in [-0.05, 0) is 30.3 Å². The van der Waals surface area contributed by atoms with Crippen molar-refractivity contribution in [3.8, 4) is 10.6 Å². The summed E-state index contributed by atoms with van der Waals surface area (Å²) in [4.78, 5) is 32.5.